The van der Waals surface area contributed by atoms with Crippen LogP contribution in [0.1, 0.15) is 5.69 Å². The maximum Gasteiger partial charge on any atom is 0.162 e. The lowest BCUT2D eigenvalue weighted by molar-refractivity contribution is 0.581. The molecule has 0 aliphatic rings. The molecule has 70 valence electrons. The number of thiazole rings is 1. The van der Waals surface area contributed by atoms with E-state index in [4.69, 9.17) is 16.0 Å². The Labute approximate surface area is 91.0 Å². The van der Waals surface area contributed by atoms with Crippen LogP contribution in [0.4, 0.5) is 0 Å². The summed E-state index contributed by atoms with van der Waals surface area (Å²) in [6.07, 6.45) is 1.64. The van der Waals surface area contributed by atoms with Gasteiger partial charge in [0, 0.05) is 5.38 Å². The molecule has 0 aromatic carbocycles. The summed E-state index contributed by atoms with van der Waals surface area (Å²) in [5, 5.41) is 2.82. The van der Waals surface area contributed by atoms with E-state index in [0.717, 1.165) is 16.5 Å². The van der Waals surface area contributed by atoms with Crippen LogP contribution < -0.4 is 0 Å². The summed E-state index contributed by atoms with van der Waals surface area (Å²) < 4.78 is 5.18. The van der Waals surface area contributed by atoms with Crippen molar-refractivity contribution in [3.8, 4) is 10.8 Å². The average Bonchev–Trinajstić information content (AvgIpc) is 2.75. The zero-order valence-corrected chi connectivity index (χ0v) is 8.96. The number of aromatic nitrogens is 1. The van der Waals surface area contributed by atoms with E-state index in [1.54, 1.807) is 17.6 Å². The van der Waals surface area contributed by atoms with Gasteiger partial charge in [-0.2, -0.15) is 0 Å². The molecule has 2 heterocycles. The first kappa shape index (κ1) is 10.6. The van der Waals surface area contributed by atoms with Crippen LogP contribution in [-0.2, 0) is 5.88 Å². The van der Waals surface area contributed by atoms with E-state index in [2.05, 4.69) is 4.98 Å². The first-order chi connectivity index (χ1) is 5.90. The number of halogens is 2. The summed E-state index contributed by atoms with van der Waals surface area (Å²) in [4.78, 5) is 4.26. The van der Waals surface area contributed by atoms with Crippen molar-refractivity contribution < 1.29 is 4.42 Å². The molecule has 0 N–H and O–H groups in total. The van der Waals surface area contributed by atoms with Gasteiger partial charge in [0.1, 0.15) is 0 Å². The molecule has 2 aromatic rings. The van der Waals surface area contributed by atoms with Gasteiger partial charge in [-0.1, -0.05) is 0 Å². The third-order valence-corrected chi connectivity index (χ3v) is 2.60. The summed E-state index contributed by atoms with van der Waals surface area (Å²) in [5.74, 6) is 1.26. The molecule has 0 saturated heterocycles. The lowest BCUT2D eigenvalue weighted by Gasteiger charge is -1.85. The van der Waals surface area contributed by atoms with E-state index in [0.29, 0.717) is 5.88 Å². The molecule has 0 aliphatic heterocycles. The Bertz CT molecular complexity index is 358. The standard InChI is InChI=1S/C8H6ClNOS.ClH/c9-4-6-5-12-8(10-6)7-2-1-3-11-7;/h1-3,5H,4H2;1H. The van der Waals surface area contributed by atoms with Crippen LogP contribution in [0.3, 0.4) is 0 Å². The third kappa shape index (κ3) is 2.24. The normalized spacial score (nSPS) is 9.62. The molecule has 0 amide bonds. The highest BCUT2D eigenvalue weighted by Crippen LogP contribution is 2.24. The first-order valence-electron chi connectivity index (χ1n) is 3.44. The van der Waals surface area contributed by atoms with Crippen molar-refractivity contribution in [3.05, 3.63) is 29.5 Å². The van der Waals surface area contributed by atoms with Crippen molar-refractivity contribution >= 4 is 35.3 Å². The molecule has 13 heavy (non-hydrogen) atoms. The fraction of sp³-hybridized carbons (Fsp3) is 0.125. The molecule has 0 unspecified atom stereocenters. The van der Waals surface area contributed by atoms with Crippen molar-refractivity contribution in [1.29, 1.82) is 0 Å². The van der Waals surface area contributed by atoms with Gasteiger partial charge in [-0.3, -0.25) is 0 Å². The van der Waals surface area contributed by atoms with E-state index in [-0.39, 0.29) is 12.4 Å². The predicted molar refractivity (Wildman–Crippen MR) is 56.6 cm³/mol. The van der Waals surface area contributed by atoms with Crippen LogP contribution in [-0.4, -0.2) is 4.98 Å². The second-order valence-corrected chi connectivity index (χ2v) is 3.38. The Morgan fingerprint density at radius 3 is 2.92 bits per heavy atom. The zero-order valence-electron chi connectivity index (χ0n) is 6.57. The number of hydrogen-bond donors (Lipinski definition) is 0. The van der Waals surface area contributed by atoms with Crippen molar-refractivity contribution in [1.82, 2.24) is 4.98 Å². The van der Waals surface area contributed by atoms with Crippen molar-refractivity contribution in [2.75, 3.05) is 0 Å². The molecule has 0 aliphatic carbocycles. The van der Waals surface area contributed by atoms with Crippen molar-refractivity contribution in [2.45, 2.75) is 5.88 Å². The van der Waals surface area contributed by atoms with Gasteiger partial charge in [0.05, 0.1) is 17.8 Å². The van der Waals surface area contributed by atoms with Crippen LogP contribution in [0.2, 0.25) is 0 Å². The van der Waals surface area contributed by atoms with Crippen LogP contribution in [0, 0.1) is 0 Å². The molecule has 0 saturated carbocycles. The van der Waals surface area contributed by atoms with Gasteiger partial charge >= 0.3 is 0 Å². The van der Waals surface area contributed by atoms with Gasteiger partial charge < -0.3 is 4.42 Å². The molecule has 0 atom stereocenters. The Kier molecular flexibility index (Phi) is 3.78. The molecule has 5 heteroatoms. The van der Waals surface area contributed by atoms with Gasteiger partial charge in [-0.25, -0.2) is 4.98 Å². The maximum atomic E-state index is 5.62. The molecule has 2 rings (SSSR count). The van der Waals surface area contributed by atoms with E-state index in [9.17, 15) is 0 Å². The number of alkyl halides is 1. The Balaban J connectivity index is 0.000000845. The summed E-state index contributed by atoms with van der Waals surface area (Å²) in [6.45, 7) is 0. The highest BCUT2D eigenvalue weighted by atomic mass is 35.5. The number of rotatable bonds is 2. The summed E-state index contributed by atoms with van der Waals surface area (Å²) >= 11 is 7.16. The second kappa shape index (κ2) is 4.65. The second-order valence-electron chi connectivity index (χ2n) is 2.25. The fourth-order valence-electron chi connectivity index (χ4n) is 0.882. The summed E-state index contributed by atoms with van der Waals surface area (Å²) in [7, 11) is 0. The van der Waals surface area contributed by atoms with Gasteiger partial charge in [-0.05, 0) is 12.1 Å². The van der Waals surface area contributed by atoms with E-state index in [1.165, 1.54) is 0 Å². The SMILES string of the molecule is Cl.ClCc1csc(-c2ccco2)n1. The summed E-state index contributed by atoms with van der Waals surface area (Å²) in [5.41, 5.74) is 0.896. The topological polar surface area (TPSA) is 26.0 Å². The highest BCUT2D eigenvalue weighted by Gasteiger charge is 2.05. The quantitative estimate of drug-likeness (QED) is 0.745. The molecule has 0 fully saturated rings. The van der Waals surface area contributed by atoms with Crippen LogP contribution in [0.15, 0.2) is 28.2 Å². The molecular weight excluding hydrogens is 229 g/mol. The Morgan fingerprint density at radius 1 is 1.54 bits per heavy atom. The number of nitrogens with zero attached hydrogens (tertiary/aromatic N) is 1. The fourth-order valence-corrected chi connectivity index (χ4v) is 1.90. The molecule has 2 aromatic heterocycles. The van der Waals surface area contributed by atoms with Crippen LogP contribution in [0.5, 0.6) is 0 Å². The molecular formula is C8H7Cl2NOS. The number of hydrogen-bond acceptors (Lipinski definition) is 3. The van der Waals surface area contributed by atoms with Gasteiger partial charge in [0.15, 0.2) is 10.8 Å². The summed E-state index contributed by atoms with van der Waals surface area (Å²) in [6, 6.07) is 3.73. The highest BCUT2D eigenvalue weighted by molar-refractivity contribution is 7.13. The molecule has 0 bridgehead atoms. The minimum Gasteiger partial charge on any atom is -0.462 e. The Hall–Kier alpha value is -0.510. The Morgan fingerprint density at radius 2 is 2.38 bits per heavy atom. The minimum atomic E-state index is 0. The number of furan rings is 1. The maximum absolute atomic E-state index is 5.62. The smallest absolute Gasteiger partial charge is 0.162 e. The van der Waals surface area contributed by atoms with Gasteiger partial charge in [0.25, 0.3) is 0 Å². The van der Waals surface area contributed by atoms with Gasteiger partial charge in [0.2, 0.25) is 0 Å². The van der Waals surface area contributed by atoms with Gasteiger partial charge in [-0.15, -0.1) is 35.3 Å². The third-order valence-electron chi connectivity index (χ3n) is 1.42. The minimum absolute atomic E-state index is 0. The predicted octanol–water partition coefficient (Wildman–Crippen LogP) is 3.56. The largest absolute Gasteiger partial charge is 0.462 e. The molecule has 0 radical (unpaired) electrons. The first-order valence-corrected chi connectivity index (χ1v) is 4.86. The van der Waals surface area contributed by atoms with E-state index < -0.39 is 0 Å². The molecule has 0 spiro atoms. The lowest BCUT2D eigenvalue weighted by Crippen LogP contribution is -1.76. The van der Waals surface area contributed by atoms with Crippen molar-refractivity contribution in [2.24, 2.45) is 0 Å². The van der Waals surface area contributed by atoms with E-state index in [1.807, 2.05) is 17.5 Å². The van der Waals surface area contributed by atoms with Crippen molar-refractivity contribution in [3.63, 3.8) is 0 Å². The van der Waals surface area contributed by atoms with Crippen LogP contribution in [0.25, 0.3) is 10.8 Å². The average molecular weight is 236 g/mol. The van der Waals surface area contributed by atoms with E-state index >= 15 is 0 Å². The zero-order chi connectivity index (χ0) is 8.39. The lowest BCUT2D eigenvalue weighted by atomic mass is 10.5. The molecule has 2 nitrogen and oxygen atoms in total. The van der Waals surface area contributed by atoms with Crippen LogP contribution >= 0.6 is 35.3 Å². The monoisotopic (exact) mass is 235 g/mol.